The molecule has 0 fully saturated rings. The van der Waals surface area contributed by atoms with Crippen LogP contribution in [0.1, 0.15) is 26.3 Å². The normalized spacial score (nSPS) is 13.4. The van der Waals surface area contributed by atoms with Gasteiger partial charge in [-0.25, -0.2) is 0 Å². The molecule has 0 aliphatic carbocycles. The molecule has 4 heteroatoms. The molecule has 1 rings (SSSR count). The summed E-state index contributed by atoms with van der Waals surface area (Å²) in [5.74, 6) is 1.56. The van der Waals surface area contributed by atoms with Crippen molar-refractivity contribution in [2.24, 2.45) is 5.41 Å². The Morgan fingerprint density at radius 2 is 1.60 bits per heavy atom. The van der Waals surface area contributed by atoms with Crippen LogP contribution in [0, 0.1) is 5.41 Å². The van der Waals surface area contributed by atoms with Crippen LogP contribution in [0.3, 0.4) is 0 Å². The van der Waals surface area contributed by atoms with E-state index in [1.54, 1.807) is 14.2 Å². The molecule has 1 aromatic carbocycles. The summed E-state index contributed by atoms with van der Waals surface area (Å²) < 4.78 is 10.6. The molecule has 0 aliphatic heterocycles. The molecule has 0 saturated heterocycles. The van der Waals surface area contributed by atoms with Crippen molar-refractivity contribution in [3.8, 4) is 11.5 Å². The van der Waals surface area contributed by atoms with E-state index >= 15 is 0 Å². The van der Waals surface area contributed by atoms with Gasteiger partial charge in [-0.1, -0.05) is 20.8 Å². The number of aliphatic hydroxyl groups is 1. The van der Waals surface area contributed by atoms with Gasteiger partial charge in [0, 0.05) is 18.7 Å². The number of ether oxygens (including phenoxy) is 2. The monoisotopic (exact) mass is 281 g/mol. The van der Waals surface area contributed by atoms with Gasteiger partial charge in [0.05, 0.1) is 20.8 Å². The number of methoxy groups -OCH3 is 2. The molecule has 20 heavy (non-hydrogen) atoms. The standard InChI is InChI=1S/C16H27NO3/c1-16(2,3)15(11-18)17(4)10-12-7-13(19-5)9-14(8-12)20-6/h7-9,15,18H,10-11H2,1-6H3. The average molecular weight is 281 g/mol. The molecule has 1 aromatic rings. The minimum Gasteiger partial charge on any atom is -0.497 e. The Morgan fingerprint density at radius 3 is 1.95 bits per heavy atom. The van der Waals surface area contributed by atoms with Crippen LogP contribution in [-0.4, -0.2) is 43.9 Å². The summed E-state index contributed by atoms with van der Waals surface area (Å²) in [5, 5.41) is 9.62. The molecule has 114 valence electrons. The molecular weight excluding hydrogens is 254 g/mol. The van der Waals surface area contributed by atoms with Gasteiger partial charge in [0.2, 0.25) is 0 Å². The van der Waals surface area contributed by atoms with Crippen LogP contribution in [0.25, 0.3) is 0 Å². The fourth-order valence-corrected chi connectivity index (χ4v) is 2.43. The Bertz CT molecular complexity index is 404. The highest BCUT2D eigenvalue weighted by atomic mass is 16.5. The Balaban J connectivity index is 2.91. The summed E-state index contributed by atoms with van der Waals surface area (Å²) in [6.45, 7) is 7.28. The van der Waals surface area contributed by atoms with Crippen molar-refractivity contribution >= 4 is 0 Å². The zero-order chi connectivity index (χ0) is 15.3. The number of hydrogen-bond acceptors (Lipinski definition) is 4. The summed E-state index contributed by atoms with van der Waals surface area (Å²) in [6, 6.07) is 5.95. The Morgan fingerprint density at radius 1 is 1.10 bits per heavy atom. The number of hydrogen-bond donors (Lipinski definition) is 1. The molecule has 0 radical (unpaired) electrons. The van der Waals surface area contributed by atoms with Crippen molar-refractivity contribution in [3.63, 3.8) is 0 Å². The summed E-state index contributed by atoms with van der Waals surface area (Å²) >= 11 is 0. The molecule has 4 nitrogen and oxygen atoms in total. The first-order chi connectivity index (χ1) is 9.31. The predicted molar refractivity (Wildman–Crippen MR) is 81.3 cm³/mol. The molecule has 0 heterocycles. The van der Waals surface area contributed by atoms with Crippen LogP contribution in [0.5, 0.6) is 11.5 Å². The van der Waals surface area contributed by atoms with E-state index in [0.717, 1.165) is 23.6 Å². The van der Waals surface area contributed by atoms with Crippen LogP contribution >= 0.6 is 0 Å². The molecule has 1 N–H and O–H groups in total. The predicted octanol–water partition coefficient (Wildman–Crippen LogP) is 2.54. The topological polar surface area (TPSA) is 41.9 Å². The molecule has 0 spiro atoms. The van der Waals surface area contributed by atoms with Gasteiger partial charge in [-0.05, 0) is 30.2 Å². The van der Waals surface area contributed by atoms with E-state index in [1.165, 1.54) is 0 Å². The van der Waals surface area contributed by atoms with Gasteiger partial charge in [-0.3, -0.25) is 4.90 Å². The number of benzene rings is 1. The maximum absolute atomic E-state index is 9.62. The summed E-state index contributed by atoms with van der Waals surface area (Å²) in [4.78, 5) is 2.16. The van der Waals surface area contributed by atoms with Crippen molar-refractivity contribution in [2.45, 2.75) is 33.4 Å². The minimum atomic E-state index is 0.0203. The number of nitrogens with zero attached hydrogens (tertiary/aromatic N) is 1. The molecule has 0 amide bonds. The lowest BCUT2D eigenvalue weighted by Gasteiger charge is -2.36. The van der Waals surface area contributed by atoms with E-state index in [0.29, 0.717) is 0 Å². The maximum atomic E-state index is 9.62. The van der Waals surface area contributed by atoms with E-state index < -0.39 is 0 Å². The number of rotatable bonds is 6. The first-order valence-electron chi connectivity index (χ1n) is 6.85. The SMILES string of the molecule is COc1cc(CN(C)C(CO)C(C)(C)C)cc(OC)c1. The third kappa shape index (κ3) is 4.39. The molecule has 1 unspecified atom stereocenters. The molecule has 0 aromatic heterocycles. The van der Waals surface area contributed by atoms with Gasteiger partial charge >= 0.3 is 0 Å². The average Bonchev–Trinajstić information content (AvgIpc) is 2.37. The molecule has 0 aliphatic rings. The van der Waals surface area contributed by atoms with Crippen molar-refractivity contribution in [2.75, 3.05) is 27.9 Å². The van der Waals surface area contributed by atoms with Crippen LogP contribution in [0.4, 0.5) is 0 Å². The quantitative estimate of drug-likeness (QED) is 0.870. The van der Waals surface area contributed by atoms with Crippen LogP contribution in [0.2, 0.25) is 0 Å². The second kappa shape index (κ2) is 6.95. The summed E-state index contributed by atoms with van der Waals surface area (Å²) in [7, 11) is 5.32. The highest BCUT2D eigenvalue weighted by Crippen LogP contribution is 2.27. The van der Waals surface area contributed by atoms with E-state index in [-0.39, 0.29) is 18.1 Å². The van der Waals surface area contributed by atoms with Gasteiger partial charge in [0.15, 0.2) is 0 Å². The van der Waals surface area contributed by atoms with E-state index in [9.17, 15) is 5.11 Å². The third-order valence-electron chi connectivity index (χ3n) is 3.55. The van der Waals surface area contributed by atoms with Gasteiger partial charge < -0.3 is 14.6 Å². The van der Waals surface area contributed by atoms with Crippen molar-refractivity contribution in [3.05, 3.63) is 23.8 Å². The van der Waals surface area contributed by atoms with Gasteiger partial charge in [0.1, 0.15) is 11.5 Å². The first kappa shape index (κ1) is 16.8. The first-order valence-corrected chi connectivity index (χ1v) is 6.85. The fourth-order valence-electron chi connectivity index (χ4n) is 2.43. The largest absolute Gasteiger partial charge is 0.497 e. The maximum Gasteiger partial charge on any atom is 0.122 e. The Labute approximate surface area is 122 Å². The summed E-state index contributed by atoms with van der Waals surface area (Å²) in [5.41, 5.74) is 1.12. The van der Waals surface area contributed by atoms with Crippen LogP contribution in [0.15, 0.2) is 18.2 Å². The van der Waals surface area contributed by atoms with Gasteiger partial charge in [-0.15, -0.1) is 0 Å². The minimum absolute atomic E-state index is 0.0203. The zero-order valence-electron chi connectivity index (χ0n) is 13.4. The van der Waals surface area contributed by atoms with Crippen molar-refractivity contribution in [1.82, 2.24) is 4.90 Å². The summed E-state index contributed by atoms with van der Waals surface area (Å²) in [6.07, 6.45) is 0. The lowest BCUT2D eigenvalue weighted by atomic mass is 9.86. The van der Waals surface area contributed by atoms with Crippen LogP contribution < -0.4 is 9.47 Å². The van der Waals surface area contributed by atoms with Crippen molar-refractivity contribution < 1.29 is 14.6 Å². The van der Waals surface area contributed by atoms with E-state index in [4.69, 9.17) is 9.47 Å². The molecule has 1 atom stereocenters. The van der Waals surface area contributed by atoms with Crippen molar-refractivity contribution in [1.29, 1.82) is 0 Å². The lowest BCUT2D eigenvalue weighted by Crippen LogP contribution is -2.43. The van der Waals surface area contributed by atoms with E-state index in [2.05, 4.69) is 25.7 Å². The highest BCUT2D eigenvalue weighted by molar-refractivity contribution is 5.38. The Kier molecular flexibility index (Phi) is 5.84. The van der Waals surface area contributed by atoms with Gasteiger partial charge in [0.25, 0.3) is 0 Å². The fraction of sp³-hybridized carbons (Fsp3) is 0.625. The second-order valence-electron chi connectivity index (χ2n) is 6.20. The smallest absolute Gasteiger partial charge is 0.122 e. The number of aliphatic hydroxyl groups excluding tert-OH is 1. The zero-order valence-corrected chi connectivity index (χ0v) is 13.4. The highest BCUT2D eigenvalue weighted by Gasteiger charge is 2.27. The lowest BCUT2D eigenvalue weighted by molar-refractivity contribution is 0.0613. The Hall–Kier alpha value is -1.26. The van der Waals surface area contributed by atoms with E-state index in [1.807, 2.05) is 25.2 Å². The second-order valence-corrected chi connectivity index (χ2v) is 6.20. The number of likely N-dealkylation sites (N-methyl/N-ethyl adjacent to an activating group) is 1. The molecule has 0 saturated carbocycles. The van der Waals surface area contributed by atoms with Gasteiger partial charge in [-0.2, -0.15) is 0 Å². The van der Waals surface area contributed by atoms with Crippen LogP contribution in [-0.2, 0) is 6.54 Å². The molecular formula is C16H27NO3. The molecule has 0 bridgehead atoms. The third-order valence-corrected chi connectivity index (χ3v) is 3.55.